The summed E-state index contributed by atoms with van der Waals surface area (Å²) in [7, 11) is 0. The van der Waals surface area contributed by atoms with Crippen LogP contribution in [0, 0.1) is 12.8 Å². The van der Waals surface area contributed by atoms with Crippen molar-refractivity contribution in [2.45, 2.75) is 71.3 Å². The van der Waals surface area contributed by atoms with E-state index in [2.05, 4.69) is 25.1 Å². The second-order valence-corrected chi connectivity index (χ2v) is 9.49. The van der Waals surface area contributed by atoms with Gasteiger partial charge in [-0.2, -0.15) is 0 Å². The molecule has 1 saturated carbocycles. The lowest BCUT2D eigenvalue weighted by molar-refractivity contribution is -0.131. The monoisotopic (exact) mass is 444 g/mol. The number of hydrogen-bond acceptors (Lipinski definition) is 6. The lowest BCUT2D eigenvalue weighted by Crippen LogP contribution is -2.34. The van der Waals surface area contributed by atoms with Gasteiger partial charge < -0.3 is 14.8 Å². The highest BCUT2D eigenvalue weighted by Crippen LogP contribution is 2.23. The molecule has 2 aromatic heterocycles. The molecule has 1 N–H and O–H groups in total. The number of amides is 2. The van der Waals surface area contributed by atoms with Crippen LogP contribution >= 0.6 is 11.3 Å². The first kappa shape index (κ1) is 21.9. The standard InChI is InChI=1S/C22H32N6O2S/c1-16-18(31-15-24-16)7-8-21(29)27-12-10-20-26-25-19(28(20)14-13-27)9-11-23-22(30)17-5-3-2-4-6-17/h15,17H,2-14H2,1H3,(H,23,30). The molecule has 2 amide bonds. The van der Waals surface area contributed by atoms with Crippen LogP contribution in [0.3, 0.4) is 0 Å². The van der Waals surface area contributed by atoms with E-state index < -0.39 is 0 Å². The smallest absolute Gasteiger partial charge is 0.223 e. The average Bonchev–Trinajstić information content (AvgIpc) is 3.31. The van der Waals surface area contributed by atoms with Gasteiger partial charge >= 0.3 is 0 Å². The first-order chi connectivity index (χ1) is 15.1. The molecule has 0 unspecified atom stereocenters. The summed E-state index contributed by atoms with van der Waals surface area (Å²) in [6, 6.07) is 0. The third kappa shape index (κ3) is 5.50. The summed E-state index contributed by atoms with van der Waals surface area (Å²) in [4.78, 5) is 32.5. The molecule has 1 fully saturated rings. The van der Waals surface area contributed by atoms with Gasteiger partial charge in [0.05, 0.1) is 11.2 Å². The van der Waals surface area contributed by atoms with E-state index in [9.17, 15) is 9.59 Å². The SMILES string of the molecule is Cc1ncsc1CCC(=O)N1CCc2nnc(CCNC(=O)C3CCCCC3)n2CC1. The molecule has 8 nitrogen and oxygen atoms in total. The Hall–Kier alpha value is -2.29. The van der Waals surface area contributed by atoms with Crippen LogP contribution in [0.25, 0.3) is 0 Å². The number of carbonyl (C=O) groups excluding carboxylic acids is 2. The van der Waals surface area contributed by atoms with Gasteiger partial charge in [0.25, 0.3) is 0 Å². The van der Waals surface area contributed by atoms with Crippen LogP contribution in [0.5, 0.6) is 0 Å². The third-order valence-corrected chi connectivity index (χ3v) is 7.49. The number of rotatable bonds is 7. The van der Waals surface area contributed by atoms with Crippen molar-refractivity contribution in [1.29, 1.82) is 0 Å². The number of aromatic nitrogens is 4. The highest BCUT2D eigenvalue weighted by molar-refractivity contribution is 7.09. The molecule has 9 heteroatoms. The second-order valence-electron chi connectivity index (χ2n) is 8.55. The Labute approximate surface area is 187 Å². The topological polar surface area (TPSA) is 93.0 Å². The van der Waals surface area contributed by atoms with Gasteiger partial charge in [-0.05, 0) is 26.2 Å². The summed E-state index contributed by atoms with van der Waals surface area (Å²) in [5, 5.41) is 11.8. The Morgan fingerprint density at radius 3 is 2.74 bits per heavy atom. The highest BCUT2D eigenvalue weighted by Gasteiger charge is 2.23. The molecule has 1 aliphatic heterocycles. The van der Waals surface area contributed by atoms with Gasteiger partial charge in [0.15, 0.2) is 0 Å². The minimum Gasteiger partial charge on any atom is -0.355 e. The van der Waals surface area contributed by atoms with Crippen molar-refractivity contribution in [2.75, 3.05) is 19.6 Å². The predicted molar refractivity (Wildman–Crippen MR) is 119 cm³/mol. The van der Waals surface area contributed by atoms with Crippen LogP contribution < -0.4 is 5.32 Å². The Morgan fingerprint density at radius 1 is 1.13 bits per heavy atom. The van der Waals surface area contributed by atoms with E-state index >= 15 is 0 Å². The summed E-state index contributed by atoms with van der Waals surface area (Å²) in [5.41, 5.74) is 2.87. The fourth-order valence-electron chi connectivity index (χ4n) is 4.57. The molecule has 4 rings (SSSR count). The summed E-state index contributed by atoms with van der Waals surface area (Å²) in [6.07, 6.45) is 8.26. The number of thiazole rings is 1. The first-order valence-electron chi connectivity index (χ1n) is 11.5. The van der Waals surface area contributed by atoms with Crippen molar-refractivity contribution in [2.24, 2.45) is 5.92 Å². The molecular weight excluding hydrogens is 412 g/mol. The summed E-state index contributed by atoms with van der Waals surface area (Å²) >= 11 is 1.62. The quantitative estimate of drug-likeness (QED) is 0.707. The molecule has 3 heterocycles. The van der Waals surface area contributed by atoms with Gasteiger partial charge in [0, 0.05) is 56.2 Å². The van der Waals surface area contributed by atoms with Gasteiger partial charge in [-0.3, -0.25) is 9.59 Å². The van der Waals surface area contributed by atoms with E-state index in [0.717, 1.165) is 49.4 Å². The van der Waals surface area contributed by atoms with E-state index in [4.69, 9.17) is 0 Å². The zero-order chi connectivity index (χ0) is 21.6. The van der Waals surface area contributed by atoms with Crippen LogP contribution in [0.4, 0.5) is 0 Å². The maximum absolute atomic E-state index is 12.7. The van der Waals surface area contributed by atoms with Crippen molar-refractivity contribution in [1.82, 2.24) is 30.0 Å². The zero-order valence-electron chi connectivity index (χ0n) is 18.3. The third-order valence-electron chi connectivity index (χ3n) is 6.49. The van der Waals surface area contributed by atoms with Gasteiger partial charge in [0.2, 0.25) is 11.8 Å². The highest BCUT2D eigenvalue weighted by atomic mass is 32.1. The van der Waals surface area contributed by atoms with Crippen LogP contribution in [0.15, 0.2) is 5.51 Å². The number of carbonyl (C=O) groups is 2. The largest absolute Gasteiger partial charge is 0.355 e. The van der Waals surface area contributed by atoms with E-state index in [1.165, 1.54) is 11.3 Å². The van der Waals surface area contributed by atoms with Crippen molar-refractivity contribution >= 4 is 23.2 Å². The molecule has 1 aliphatic carbocycles. The van der Waals surface area contributed by atoms with E-state index in [0.29, 0.717) is 45.4 Å². The minimum absolute atomic E-state index is 0.178. The molecule has 0 aromatic carbocycles. The number of aryl methyl sites for hydroxylation is 2. The van der Waals surface area contributed by atoms with E-state index in [1.54, 1.807) is 11.3 Å². The zero-order valence-corrected chi connectivity index (χ0v) is 19.1. The fourth-order valence-corrected chi connectivity index (χ4v) is 5.35. The molecule has 31 heavy (non-hydrogen) atoms. The van der Waals surface area contributed by atoms with Crippen molar-refractivity contribution in [3.05, 3.63) is 27.7 Å². The van der Waals surface area contributed by atoms with Crippen LogP contribution in [0.1, 0.15) is 60.7 Å². The molecular formula is C22H32N6O2S. The lowest BCUT2D eigenvalue weighted by Gasteiger charge is -2.21. The van der Waals surface area contributed by atoms with Crippen molar-refractivity contribution in [3.63, 3.8) is 0 Å². The first-order valence-corrected chi connectivity index (χ1v) is 12.3. The van der Waals surface area contributed by atoms with Crippen LogP contribution in [-0.2, 0) is 35.4 Å². The molecule has 168 valence electrons. The van der Waals surface area contributed by atoms with E-state index in [1.807, 2.05) is 17.3 Å². The van der Waals surface area contributed by atoms with Crippen LogP contribution in [-0.4, -0.2) is 56.1 Å². The molecule has 0 bridgehead atoms. The number of nitrogens with one attached hydrogen (secondary N) is 1. The molecule has 2 aliphatic rings. The van der Waals surface area contributed by atoms with Gasteiger partial charge in [-0.15, -0.1) is 21.5 Å². The van der Waals surface area contributed by atoms with Gasteiger partial charge in [-0.25, -0.2) is 4.98 Å². The number of fused-ring (bicyclic) bond motifs is 1. The Bertz CT molecular complexity index is 902. The van der Waals surface area contributed by atoms with E-state index in [-0.39, 0.29) is 17.7 Å². The van der Waals surface area contributed by atoms with Gasteiger partial charge in [0.1, 0.15) is 11.6 Å². The molecule has 0 spiro atoms. The normalized spacial score (nSPS) is 17.3. The number of hydrogen-bond donors (Lipinski definition) is 1. The summed E-state index contributed by atoms with van der Waals surface area (Å²) in [5.74, 6) is 2.38. The Morgan fingerprint density at radius 2 is 1.97 bits per heavy atom. The van der Waals surface area contributed by atoms with Gasteiger partial charge in [-0.1, -0.05) is 19.3 Å². The number of nitrogens with zero attached hydrogens (tertiary/aromatic N) is 5. The summed E-state index contributed by atoms with van der Waals surface area (Å²) in [6.45, 7) is 4.64. The average molecular weight is 445 g/mol. The lowest BCUT2D eigenvalue weighted by atomic mass is 9.89. The Balaban J connectivity index is 1.25. The predicted octanol–water partition coefficient (Wildman–Crippen LogP) is 2.30. The molecule has 0 atom stereocenters. The summed E-state index contributed by atoms with van der Waals surface area (Å²) < 4.78 is 2.13. The van der Waals surface area contributed by atoms with Crippen molar-refractivity contribution in [3.8, 4) is 0 Å². The maximum atomic E-state index is 12.7. The molecule has 0 radical (unpaired) electrons. The van der Waals surface area contributed by atoms with Crippen LogP contribution in [0.2, 0.25) is 0 Å². The molecule has 0 saturated heterocycles. The second kappa shape index (κ2) is 10.3. The van der Waals surface area contributed by atoms with Crippen molar-refractivity contribution < 1.29 is 9.59 Å². The molecule has 2 aromatic rings. The Kier molecular flexibility index (Phi) is 7.32. The minimum atomic E-state index is 0.178. The fraction of sp³-hybridized carbons (Fsp3) is 0.682. The maximum Gasteiger partial charge on any atom is 0.223 e.